The molecule has 0 fully saturated rings. The first-order valence-corrected chi connectivity index (χ1v) is 7.49. The van der Waals surface area contributed by atoms with Crippen LogP contribution in [0, 0.1) is 0 Å². The minimum atomic E-state index is -3.95. The Morgan fingerprint density at radius 3 is 2.40 bits per heavy atom. The van der Waals surface area contributed by atoms with Crippen LogP contribution in [0.2, 0.25) is 0 Å². The van der Waals surface area contributed by atoms with E-state index in [1.165, 1.54) is 17.2 Å². The summed E-state index contributed by atoms with van der Waals surface area (Å²) in [6.07, 6.45) is 2.93. The standard InChI is InChI=1S/C10H17N7O2S/c1-7(16-6-12-5-13-16)8-14-15-9(20(11,18)19)17(8)10(2,3)4/h5-7H,1-4H3,(H2,11,18,19). The molecular weight excluding hydrogens is 282 g/mol. The van der Waals surface area contributed by atoms with Gasteiger partial charge in [0.15, 0.2) is 5.82 Å². The molecule has 0 aliphatic carbocycles. The minimum absolute atomic E-state index is 0.257. The Morgan fingerprint density at radius 2 is 1.95 bits per heavy atom. The van der Waals surface area contributed by atoms with Gasteiger partial charge in [0, 0.05) is 5.54 Å². The maximum absolute atomic E-state index is 11.6. The van der Waals surface area contributed by atoms with Gasteiger partial charge in [-0.15, -0.1) is 10.2 Å². The van der Waals surface area contributed by atoms with Crippen LogP contribution in [0.4, 0.5) is 0 Å². The molecule has 0 spiro atoms. The average molecular weight is 299 g/mol. The van der Waals surface area contributed by atoms with Crippen molar-refractivity contribution in [2.75, 3.05) is 0 Å². The predicted molar refractivity (Wildman–Crippen MR) is 70.2 cm³/mol. The molecule has 0 saturated carbocycles. The van der Waals surface area contributed by atoms with Crippen LogP contribution in [0.1, 0.15) is 39.6 Å². The molecule has 0 aliphatic heterocycles. The maximum atomic E-state index is 11.6. The molecule has 0 radical (unpaired) electrons. The van der Waals surface area contributed by atoms with E-state index in [0.717, 1.165) is 0 Å². The van der Waals surface area contributed by atoms with Crippen LogP contribution in [0.15, 0.2) is 17.8 Å². The van der Waals surface area contributed by atoms with Gasteiger partial charge in [-0.1, -0.05) is 0 Å². The summed E-state index contributed by atoms with van der Waals surface area (Å²) in [5.74, 6) is 0.451. The molecule has 0 amide bonds. The van der Waals surface area contributed by atoms with Gasteiger partial charge in [0.05, 0.1) is 0 Å². The molecule has 2 aromatic heterocycles. The Bertz CT molecular complexity index is 697. The van der Waals surface area contributed by atoms with E-state index in [0.29, 0.717) is 5.82 Å². The number of rotatable bonds is 3. The first-order chi connectivity index (χ1) is 9.12. The first-order valence-electron chi connectivity index (χ1n) is 5.95. The molecule has 0 bridgehead atoms. The fourth-order valence-corrected chi connectivity index (χ4v) is 2.68. The molecule has 0 saturated heterocycles. The highest BCUT2D eigenvalue weighted by atomic mass is 32.2. The van der Waals surface area contributed by atoms with Gasteiger partial charge in [0.25, 0.3) is 15.2 Å². The third kappa shape index (κ3) is 2.56. The molecule has 2 heterocycles. The van der Waals surface area contributed by atoms with E-state index in [4.69, 9.17) is 5.14 Å². The largest absolute Gasteiger partial charge is 0.294 e. The highest BCUT2D eigenvalue weighted by molar-refractivity contribution is 7.89. The summed E-state index contributed by atoms with van der Waals surface area (Å²) in [5, 5.41) is 16.7. The Balaban J connectivity index is 2.64. The Kier molecular flexibility index (Phi) is 3.38. The van der Waals surface area contributed by atoms with Gasteiger partial charge >= 0.3 is 0 Å². The van der Waals surface area contributed by atoms with E-state index >= 15 is 0 Å². The average Bonchev–Trinajstić information content (AvgIpc) is 2.95. The molecule has 110 valence electrons. The second-order valence-electron chi connectivity index (χ2n) is 5.44. The zero-order valence-electron chi connectivity index (χ0n) is 11.7. The van der Waals surface area contributed by atoms with Crippen molar-refractivity contribution in [3.63, 3.8) is 0 Å². The van der Waals surface area contributed by atoms with Crippen molar-refractivity contribution in [2.45, 2.75) is 44.4 Å². The molecule has 0 aliphatic rings. The van der Waals surface area contributed by atoms with Crippen molar-refractivity contribution in [1.29, 1.82) is 0 Å². The molecule has 2 aromatic rings. The van der Waals surface area contributed by atoms with Gasteiger partial charge in [0.1, 0.15) is 18.7 Å². The van der Waals surface area contributed by atoms with E-state index in [9.17, 15) is 8.42 Å². The Morgan fingerprint density at radius 1 is 1.30 bits per heavy atom. The van der Waals surface area contributed by atoms with Gasteiger partial charge in [-0.2, -0.15) is 5.10 Å². The number of sulfonamides is 1. The smallest absolute Gasteiger partial charge is 0.273 e. The number of primary sulfonamides is 1. The lowest BCUT2D eigenvalue weighted by Crippen LogP contribution is -2.31. The summed E-state index contributed by atoms with van der Waals surface area (Å²) in [7, 11) is -3.95. The van der Waals surface area contributed by atoms with Crippen LogP contribution >= 0.6 is 0 Å². The van der Waals surface area contributed by atoms with Crippen molar-refractivity contribution < 1.29 is 8.42 Å². The van der Waals surface area contributed by atoms with Gasteiger partial charge in [0.2, 0.25) is 0 Å². The molecule has 2 N–H and O–H groups in total. The number of nitrogens with zero attached hydrogens (tertiary/aromatic N) is 6. The molecule has 1 unspecified atom stereocenters. The monoisotopic (exact) mass is 299 g/mol. The predicted octanol–water partition coefficient (Wildman–Crippen LogP) is -0.119. The van der Waals surface area contributed by atoms with Crippen molar-refractivity contribution >= 4 is 10.0 Å². The number of nitrogens with two attached hydrogens (primary N) is 1. The van der Waals surface area contributed by atoms with Crippen LogP contribution in [0.3, 0.4) is 0 Å². The summed E-state index contributed by atoms with van der Waals surface area (Å²) in [5.41, 5.74) is -0.546. The molecular formula is C10H17N7O2S. The second-order valence-corrected chi connectivity index (χ2v) is 6.90. The van der Waals surface area contributed by atoms with E-state index in [1.807, 2.05) is 27.7 Å². The van der Waals surface area contributed by atoms with Crippen molar-refractivity contribution in [3.05, 3.63) is 18.5 Å². The minimum Gasteiger partial charge on any atom is -0.294 e. The lowest BCUT2D eigenvalue weighted by atomic mass is 10.1. The summed E-state index contributed by atoms with van der Waals surface area (Å²) in [6, 6.07) is -0.320. The van der Waals surface area contributed by atoms with E-state index in [-0.39, 0.29) is 11.2 Å². The molecule has 9 nitrogen and oxygen atoms in total. The third-order valence-electron chi connectivity index (χ3n) is 2.79. The van der Waals surface area contributed by atoms with Crippen LogP contribution in [0.5, 0.6) is 0 Å². The maximum Gasteiger partial charge on any atom is 0.273 e. The van der Waals surface area contributed by atoms with E-state index in [2.05, 4.69) is 20.3 Å². The first kappa shape index (κ1) is 14.6. The van der Waals surface area contributed by atoms with Gasteiger partial charge in [-0.25, -0.2) is 23.2 Å². The van der Waals surface area contributed by atoms with Gasteiger partial charge in [-0.05, 0) is 27.7 Å². The van der Waals surface area contributed by atoms with E-state index in [1.54, 1.807) is 4.68 Å². The van der Waals surface area contributed by atoms with Crippen LogP contribution in [-0.4, -0.2) is 37.9 Å². The molecule has 1 atom stereocenters. The fourth-order valence-electron chi connectivity index (χ4n) is 1.90. The highest BCUT2D eigenvalue weighted by Crippen LogP contribution is 2.25. The fraction of sp³-hybridized carbons (Fsp3) is 0.600. The summed E-state index contributed by atoms with van der Waals surface area (Å²) >= 11 is 0. The number of hydrogen-bond donors (Lipinski definition) is 1. The molecule has 20 heavy (non-hydrogen) atoms. The van der Waals surface area contributed by atoms with E-state index < -0.39 is 15.6 Å². The van der Waals surface area contributed by atoms with Crippen molar-refractivity contribution in [2.24, 2.45) is 5.14 Å². The normalized spacial score (nSPS) is 14.4. The molecule has 2 rings (SSSR count). The van der Waals surface area contributed by atoms with Crippen LogP contribution < -0.4 is 5.14 Å². The summed E-state index contributed by atoms with van der Waals surface area (Å²) in [4.78, 5) is 3.87. The zero-order chi connectivity index (χ0) is 15.1. The SMILES string of the molecule is CC(c1nnc(S(N)(=O)=O)n1C(C)(C)C)n1cncn1. The Labute approximate surface area is 116 Å². The lowest BCUT2D eigenvalue weighted by Gasteiger charge is -2.26. The van der Waals surface area contributed by atoms with Crippen molar-refractivity contribution in [3.8, 4) is 0 Å². The number of aromatic nitrogens is 6. The van der Waals surface area contributed by atoms with Crippen LogP contribution in [0.25, 0.3) is 0 Å². The molecule has 0 aromatic carbocycles. The third-order valence-corrected chi connectivity index (χ3v) is 3.56. The lowest BCUT2D eigenvalue weighted by molar-refractivity contribution is 0.334. The van der Waals surface area contributed by atoms with Crippen LogP contribution in [-0.2, 0) is 15.6 Å². The van der Waals surface area contributed by atoms with Crippen molar-refractivity contribution in [1.82, 2.24) is 29.5 Å². The molecule has 10 heteroatoms. The quantitative estimate of drug-likeness (QED) is 0.843. The van der Waals surface area contributed by atoms with Gasteiger partial charge in [-0.3, -0.25) is 4.57 Å². The van der Waals surface area contributed by atoms with Gasteiger partial charge < -0.3 is 0 Å². The second kappa shape index (κ2) is 4.63. The topological polar surface area (TPSA) is 122 Å². The Hall–Kier alpha value is -1.81. The zero-order valence-corrected chi connectivity index (χ0v) is 12.5. The number of hydrogen-bond acceptors (Lipinski definition) is 6. The highest BCUT2D eigenvalue weighted by Gasteiger charge is 2.31. The summed E-state index contributed by atoms with van der Waals surface area (Å²) in [6.45, 7) is 7.38. The summed E-state index contributed by atoms with van der Waals surface area (Å²) < 4.78 is 26.4.